The number of pyridine rings is 1. The van der Waals surface area contributed by atoms with Crippen molar-refractivity contribution in [2.24, 2.45) is 112 Å². The van der Waals surface area contributed by atoms with Gasteiger partial charge in [0.15, 0.2) is 23.2 Å². The lowest BCUT2D eigenvalue weighted by Crippen LogP contribution is -2.65. The van der Waals surface area contributed by atoms with Crippen LogP contribution in [0.15, 0.2) is 46.8 Å². The highest BCUT2D eigenvalue weighted by atomic mass is 16.5. The van der Waals surface area contributed by atoms with E-state index in [4.69, 9.17) is 34.9 Å². The van der Waals surface area contributed by atoms with E-state index in [1.807, 2.05) is 14.1 Å². The van der Waals surface area contributed by atoms with E-state index >= 15 is 0 Å². The molecule has 0 saturated heterocycles. The molecule has 116 heavy (non-hydrogen) atoms. The fraction of sp³-hybridized carbons (Fsp3) is 0.731. The summed E-state index contributed by atoms with van der Waals surface area (Å²) in [5.74, 6) is 1.75. The highest BCUT2D eigenvalue weighted by molar-refractivity contribution is 6.01. The van der Waals surface area contributed by atoms with E-state index in [0.717, 1.165) is 119 Å². The zero-order valence-electron chi connectivity index (χ0n) is 72.8. The highest BCUT2D eigenvalue weighted by Gasteiger charge is 2.73. The summed E-state index contributed by atoms with van der Waals surface area (Å²) in [5, 5.41) is 67.5. The molecular formula is C93H129N13O10. The predicted molar refractivity (Wildman–Crippen MR) is 438 cm³/mol. The number of ether oxygens (including phenoxy) is 2. The zero-order valence-corrected chi connectivity index (χ0v) is 72.8. The number of aromatic nitrogens is 9. The molecule has 0 aliphatic heterocycles. The molecule has 4 N–H and O–H groups in total. The van der Waals surface area contributed by atoms with E-state index in [2.05, 4.69) is 139 Å². The summed E-state index contributed by atoms with van der Waals surface area (Å²) >= 11 is 0. The average Bonchev–Trinajstić information content (AvgIpc) is 1.18. The second-order valence-electron chi connectivity index (χ2n) is 42.2. The van der Waals surface area contributed by atoms with Crippen LogP contribution in [-0.2, 0) is 70.6 Å². The smallest absolute Gasteiger partial charge is 0.310 e. The van der Waals surface area contributed by atoms with Gasteiger partial charge in [0.2, 0.25) is 5.82 Å². The molecule has 4 aromatic rings. The van der Waals surface area contributed by atoms with Crippen LogP contribution in [0.4, 0.5) is 0 Å². The number of aliphatic carboxylic acids is 2. The molecule has 0 bridgehead atoms. The summed E-state index contributed by atoms with van der Waals surface area (Å²) in [5.41, 5.74) is 0.629. The van der Waals surface area contributed by atoms with Gasteiger partial charge in [-0.25, -0.2) is 15.0 Å². The monoisotopic (exact) mass is 1590 g/mol. The molecule has 14 rings (SSSR count). The van der Waals surface area contributed by atoms with Crippen molar-refractivity contribution in [2.75, 3.05) is 27.2 Å². The number of Topliss-reactive ketones (excluding diaryl/α,β-unsaturated/α-hetero) is 2. The quantitative estimate of drug-likeness (QED) is 0.0473. The van der Waals surface area contributed by atoms with Crippen molar-refractivity contribution in [3.63, 3.8) is 0 Å². The van der Waals surface area contributed by atoms with Crippen molar-refractivity contribution in [1.29, 1.82) is 10.5 Å². The van der Waals surface area contributed by atoms with E-state index in [1.165, 1.54) is 23.5 Å². The first-order chi connectivity index (χ1) is 54.5. The topological polar surface area (TPSA) is 333 Å². The SMILES string of the molecule is CNCCn1c(C[C@@]23CC[C@]4(C)[C@H](CC[C@@H]5[C@@]6(C)CC[C@H](OC(=O)CC(C)(C)C(=O)O)C(C)(C)[C@@H]6CC[C@]54C)C2=C(C(C)C)C(=O)C3)nnc1-c1ccc(C#N)c(CC(C)(CC(=O)O[C@H]2CC[C@]3(C)[C@H]4CC[C@@H]5C6=C(C(C)C)C(=O)C[C@]6(Cc6nnc(-c7ncc(C#N)cn7)n6CCNC)CC[C@@]5(C)[C@]4(C)CC[C@H]3C2(C)C)C(=O)O)n1. The van der Waals surface area contributed by atoms with Crippen molar-refractivity contribution in [2.45, 2.75) is 291 Å². The van der Waals surface area contributed by atoms with Crippen LogP contribution in [0.2, 0.25) is 0 Å². The second-order valence-corrected chi connectivity index (χ2v) is 42.2. The van der Waals surface area contributed by atoms with Crippen LogP contribution in [0.5, 0.6) is 0 Å². The van der Waals surface area contributed by atoms with Crippen molar-refractivity contribution in [3.05, 3.63) is 75.3 Å². The van der Waals surface area contributed by atoms with Gasteiger partial charge < -0.3 is 39.5 Å². The maximum absolute atomic E-state index is 15.0. The number of esters is 2. The number of carbonyl (C=O) groups is 6. The van der Waals surface area contributed by atoms with Crippen LogP contribution < -0.4 is 10.6 Å². The summed E-state index contributed by atoms with van der Waals surface area (Å²) in [4.78, 5) is 98.2. The van der Waals surface area contributed by atoms with E-state index in [0.29, 0.717) is 98.8 Å². The second kappa shape index (κ2) is 29.8. The molecule has 1 unspecified atom stereocenters. The minimum atomic E-state index is -1.72. The molecule has 0 spiro atoms. The Labute approximate surface area is 686 Å². The van der Waals surface area contributed by atoms with Gasteiger partial charge in [0.25, 0.3) is 0 Å². The fourth-order valence-corrected chi connectivity index (χ4v) is 28.2. The normalized spacial score (nSPS) is 34.7. The van der Waals surface area contributed by atoms with Crippen molar-refractivity contribution >= 4 is 35.4 Å². The molecule has 4 heterocycles. The lowest BCUT2D eigenvalue weighted by Gasteiger charge is -2.72. The third kappa shape index (κ3) is 13.2. The number of likely N-dealkylation sites (N-methyl/N-ethyl adjacent to an activating group) is 2. The molecule has 10 aliphatic carbocycles. The van der Waals surface area contributed by atoms with Crippen LogP contribution >= 0.6 is 0 Å². The lowest BCUT2D eigenvalue weighted by molar-refractivity contribution is -0.233. The fourth-order valence-electron chi connectivity index (χ4n) is 28.2. The molecule has 0 radical (unpaired) electrons. The third-order valence-corrected chi connectivity index (χ3v) is 34.5. The van der Waals surface area contributed by atoms with Gasteiger partial charge in [0, 0.05) is 92.3 Å². The molecule has 23 heteroatoms. The largest absolute Gasteiger partial charge is 0.481 e. The molecule has 8 fully saturated rings. The number of rotatable bonds is 24. The minimum Gasteiger partial charge on any atom is -0.481 e. The Morgan fingerprint density at radius 2 is 1.02 bits per heavy atom. The molecule has 0 amide bonds. The zero-order chi connectivity index (χ0) is 84.0. The van der Waals surface area contributed by atoms with Crippen molar-refractivity contribution in [1.82, 2.24) is 55.1 Å². The number of fused-ring (bicyclic) bond motifs is 14. The molecule has 626 valence electrons. The Morgan fingerprint density at radius 3 is 1.45 bits per heavy atom. The number of carboxylic acids is 2. The van der Waals surface area contributed by atoms with Crippen LogP contribution in [0.3, 0.4) is 0 Å². The number of allylic oxidation sites excluding steroid dienone is 4. The van der Waals surface area contributed by atoms with Crippen LogP contribution in [0.25, 0.3) is 23.2 Å². The molecule has 8 saturated carbocycles. The maximum Gasteiger partial charge on any atom is 0.310 e. The summed E-state index contributed by atoms with van der Waals surface area (Å²) < 4.78 is 17.2. The number of nitrogens with one attached hydrogen (secondary N) is 2. The van der Waals surface area contributed by atoms with E-state index < -0.39 is 63.5 Å². The molecule has 17 atom stereocenters. The van der Waals surface area contributed by atoms with Crippen LogP contribution in [0.1, 0.15) is 275 Å². The summed E-state index contributed by atoms with van der Waals surface area (Å²) in [6.45, 7) is 39.9. The Hall–Kier alpha value is -7.89. The minimum absolute atomic E-state index is 0.0109. The summed E-state index contributed by atoms with van der Waals surface area (Å²) in [6, 6.07) is 7.80. The summed E-state index contributed by atoms with van der Waals surface area (Å²) in [6.07, 6.45) is 17.8. The molecule has 10 aliphatic rings. The Bertz CT molecular complexity index is 4760. The predicted octanol–water partition coefficient (Wildman–Crippen LogP) is 15.7. The van der Waals surface area contributed by atoms with Crippen molar-refractivity contribution < 1.29 is 48.5 Å². The van der Waals surface area contributed by atoms with Gasteiger partial charge in [-0.05, 0) is 241 Å². The Kier molecular flexibility index (Phi) is 21.7. The number of carbonyl (C=O) groups excluding carboxylic acids is 4. The molecule has 4 aromatic heterocycles. The van der Waals surface area contributed by atoms with Gasteiger partial charge in [-0.15, -0.1) is 20.4 Å². The standard InChI is InChI=1S/C93H129N13O10/c1-53(2)73-61(107)43-92(36-34-88(14)57(75(73)92)21-24-65-86(12)30-28-67(115-71(109)47-82(5,6)80(111)112)83(7,8)63(86)26-32-90(65,88)16)45-69-101-103-78(105(69)40-38-96-18)59-23-20-56(50-95)60(100-59)42-85(11,81(113)114)48-72(110)116-68-29-31-87(13)64(84(68,9)10)27-33-91(17)66(87)25-22-58-76-74(54(3)4)62(108)44-93(76,37-35-89(58,91)15)46-70-102-104-79(106(70)41-39-97-19)77-98-51-55(49-94)52-99-77/h20,23,51-54,57-58,63-68,96-97H,21-22,24-48H2,1-19H3,(H,111,112)(H,113,114)/t57-,58-,63+,64+,65-,66-,67+,68+,85?,86+,87+,88-,89-,90-,91-,92+,93+/m1/s1. The number of ketones is 2. The highest BCUT2D eigenvalue weighted by Crippen LogP contribution is 2.80. The first-order valence-electron chi connectivity index (χ1n) is 43.6. The lowest BCUT2D eigenvalue weighted by atomic mass is 9.33. The molecule has 0 aromatic carbocycles. The average molecular weight is 1590 g/mol. The van der Waals surface area contributed by atoms with Gasteiger partial charge in [-0.3, -0.25) is 28.8 Å². The molecular weight excluding hydrogens is 1460 g/mol. The summed E-state index contributed by atoms with van der Waals surface area (Å²) in [7, 11) is 3.81. The van der Waals surface area contributed by atoms with E-state index in [9.17, 15) is 49.5 Å². The van der Waals surface area contributed by atoms with Gasteiger partial charge in [-0.2, -0.15) is 10.5 Å². The number of nitriles is 2. The first-order valence-corrected chi connectivity index (χ1v) is 43.6. The Balaban J connectivity index is 0.675. The number of hydrogen-bond donors (Lipinski definition) is 4. The number of carboxylic acid groups (broad SMARTS) is 2. The van der Waals surface area contributed by atoms with Crippen LogP contribution in [0, 0.1) is 135 Å². The first kappa shape index (κ1) is 84.6. The maximum atomic E-state index is 15.0. The van der Waals surface area contributed by atoms with Gasteiger partial charge in [-0.1, -0.05) is 108 Å². The number of hydrogen-bond acceptors (Lipinski definition) is 19. The van der Waals surface area contributed by atoms with Gasteiger partial charge >= 0.3 is 23.9 Å². The molecule has 23 nitrogen and oxygen atoms in total. The van der Waals surface area contributed by atoms with Crippen molar-refractivity contribution in [3.8, 4) is 35.3 Å². The van der Waals surface area contributed by atoms with Gasteiger partial charge in [0.05, 0.1) is 40.5 Å². The Morgan fingerprint density at radius 1 is 0.560 bits per heavy atom. The number of nitrogens with zero attached hydrogens (tertiary/aromatic N) is 11. The van der Waals surface area contributed by atoms with E-state index in [-0.39, 0.29) is 115 Å². The van der Waals surface area contributed by atoms with Crippen LogP contribution in [-0.4, -0.2) is 130 Å². The van der Waals surface area contributed by atoms with E-state index in [1.54, 1.807) is 32.9 Å². The third-order valence-electron chi connectivity index (χ3n) is 34.5. The van der Waals surface area contributed by atoms with Gasteiger partial charge in [0.1, 0.15) is 41.7 Å².